The second-order valence-corrected chi connectivity index (χ2v) is 13.8. The van der Waals surface area contributed by atoms with Crippen LogP contribution in [-0.4, -0.2) is 165 Å². The summed E-state index contributed by atoms with van der Waals surface area (Å²) in [6, 6.07) is 5.94. The third-order valence-corrected chi connectivity index (χ3v) is 10.2. The summed E-state index contributed by atoms with van der Waals surface area (Å²) in [7, 11) is -2.80. The highest BCUT2D eigenvalue weighted by atomic mass is 19.2. The van der Waals surface area contributed by atoms with Gasteiger partial charge in [-0.05, 0) is 54.6 Å². The molecule has 4 aliphatic rings. The molecule has 18 nitrogen and oxygen atoms in total. The van der Waals surface area contributed by atoms with E-state index in [0.29, 0.717) is 16.8 Å². The number of benzene rings is 1. The number of aliphatic hydroxyl groups is 7. The molecular weight excluding hydrogens is 733 g/mol. The van der Waals surface area contributed by atoms with Crippen LogP contribution in [0.15, 0.2) is 65.4 Å². The summed E-state index contributed by atoms with van der Waals surface area (Å²) in [5.74, 6) is -0.620. The molecule has 2 saturated heterocycles. The highest BCUT2D eigenvalue weighted by molar-refractivity contribution is 6.41. The normalized spacial score (nSPS) is 38.6. The average Bonchev–Trinajstić information content (AvgIpc) is 3.88. The number of nitrogens with zero attached hydrogens (tertiary/aromatic N) is 2. The lowest BCUT2D eigenvalue weighted by Crippen LogP contribution is -2.68. The van der Waals surface area contributed by atoms with Gasteiger partial charge >= 0.3 is 7.40 Å². The topological polar surface area (TPSA) is 303 Å². The molecule has 1 aromatic carbocycles. The van der Waals surface area contributed by atoms with Crippen LogP contribution in [0.4, 0.5) is 8.63 Å². The summed E-state index contributed by atoms with van der Waals surface area (Å²) in [6.45, 7) is -1.03. The lowest BCUT2D eigenvalue weighted by molar-refractivity contribution is -0.332. The van der Waals surface area contributed by atoms with Gasteiger partial charge in [-0.25, -0.2) is 0 Å². The molecule has 2 aromatic rings. The maximum Gasteiger partial charge on any atom is 0.677 e. The van der Waals surface area contributed by atoms with Gasteiger partial charge in [-0.1, -0.05) is 12.1 Å². The molecule has 3 fully saturated rings. The third-order valence-electron chi connectivity index (χ3n) is 10.2. The van der Waals surface area contributed by atoms with Crippen LogP contribution in [-0.2, 0) is 18.9 Å². The first-order valence-electron chi connectivity index (χ1n) is 17.6. The Hall–Kier alpha value is -3.52. The largest absolute Gasteiger partial charge is 0.677 e. The summed E-state index contributed by atoms with van der Waals surface area (Å²) < 4.78 is 51.2. The van der Waals surface area contributed by atoms with Crippen molar-refractivity contribution < 1.29 is 68.1 Å². The predicted octanol–water partition coefficient (Wildman–Crippen LogP) is -3.85. The fourth-order valence-electron chi connectivity index (χ4n) is 7.11. The smallest absolute Gasteiger partial charge is 0.394 e. The lowest BCUT2D eigenvalue weighted by atomic mass is 9.84. The Bertz CT molecular complexity index is 1720. The van der Waals surface area contributed by atoms with Gasteiger partial charge in [-0.2, -0.15) is 0 Å². The number of allylic oxidation sites excluding steroid dienone is 2. The van der Waals surface area contributed by atoms with E-state index in [9.17, 15) is 49.2 Å². The van der Waals surface area contributed by atoms with Crippen molar-refractivity contribution in [1.82, 2.24) is 9.79 Å². The molecule has 1 aromatic heterocycles. The molecule has 14 N–H and O–H groups in total. The number of aliphatic imine (C=N–C) groups is 1. The second kappa shape index (κ2) is 17.3. The van der Waals surface area contributed by atoms with E-state index < -0.39 is 112 Å². The van der Waals surface area contributed by atoms with Crippen molar-refractivity contribution in [3.8, 4) is 0 Å². The fourth-order valence-corrected chi connectivity index (χ4v) is 7.11. The van der Waals surface area contributed by atoms with Crippen molar-refractivity contribution in [2.75, 3.05) is 13.2 Å². The summed E-state index contributed by atoms with van der Waals surface area (Å²) in [4.78, 5) is 17.5. The van der Waals surface area contributed by atoms with Gasteiger partial charge in [-0.3, -0.25) is 18.4 Å². The first-order valence-corrected chi connectivity index (χ1v) is 17.6. The Morgan fingerprint density at radius 2 is 1.47 bits per heavy atom. The van der Waals surface area contributed by atoms with Crippen molar-refractivity contribution in [3.05, 3.63) is 77.3 Å². The van der Waals surface area contributed by atoms with Crippen LogP contribution in [0.2, 0.25) is 0 Å². The molecular formula is C34H45BF2N6O12. The Morgan fingerprint density at radius 1 is 0.855 bits per heavy atom. The van der Waals surface area contributed by atoms with Crippen LogP contribution in [0.25, 0.3) is 5.57 Å². The minimum atomic E-state index is -2.80. The van der Waals surface area contributed by atoms with E-state index in [2.05, 4.69) is 10.3 Å². The molecule has 0 unspecified atom stereocenters. The number of nitrogens with one attached hydrogen (secondary N) is 1. The number of hydrogen-bond donors (Lipinski definition) is 11. The predicted molar refractivity (Wildman–Crippen MR) is 189 cm³/mol. The molecule has 21 heteroatoms. The maximum absolute atomic E-state index is 13.8. The summed E-state index contributed by atoms with van der Waals surface area (Å²) in [6.07, 6.45) is -12.3. The molecule has 4 heterocycles. The Morgan fingerprint density at radius 3 is 2.07 bits per heavy atom. The first kappa shape index (κ1) is 41.1. The zero-order chi connectivity index (χ0) is 39.7. The Labute approximate surface area is 313 Å². The van der Waals surface area contributed by atoms with Gasteiger partial charge in [0.2, 0.25) is 0 Å². The summed E-state index contributed by atoms with van der Waals surface area (Å²) >= 11 is 0. The van der Waals surface area contributed by atoms with Crippen LogP contribution in [0, 0.1) is 0 Å². The molecule has 1 saturated carbocycles. The molecule has 3 aliphatic heterocycles. The highest BCUT2D eigenvalue weighted by Gasteiger charge is 2.51. The number of hydrogen-bond acceptors (Lipinski definition) is 16. The van der Waals surface area contributed by atoms with Crippen LogP contribution in [0.5, 0.6) is 0 Å². The number of nitrogens with two attached hydrogens (primary N) is 3. The lowest BCUT2D eigenvalue weighted by Gasteiger charge is -2.48. The van der Waals surface area contributed by atoms with Crippen molar-refractivity contribution in [3.63, 3.8) is 0 Å². The number of aliphatic hydroxyl groups excluding tert-OH is 7. The monoisotopic (exact) mass is 778 g/mol. The highest BCUT2D eigenvalue weighted by Crippen LogP contribution is 2.33. The number of amides is 1. The molecule has 55 heavy (non-hydrogen) atoms. The van der Waals surface area contributed by atoms with Gasteiger partial charge in [0.25, 0.3) is 5.91 Å². The molecule has 6 rings (SSSR count). The number of carbonyl (C=O) groups is 1. The molecule has 0 spiro atoms. The number of ether oxygens (including phenoxy) is 4. The van der Waals surface area contributed by atoms with E-state index in [0.717, 1.165) is 4.48 Å². The molecule has 1 aliphatic carbocycles. The van der Waals surface area contributed by atoms with Crippen LogP contribution in [0.1, 0.15) is 28.0 Å². The van der Waals surface area contributed by atoms with Crippen LogP contribution >= 0.6 is 0 Å². The molecule has 15 atom stereocenters. The molecule has 300 valence electrons. The number of rotatable bonds is 11. The third kappa shape index (κ3) is 8.45. The number of carbonyl (C=O) groups excluding carboxylic acids is 1. The molecule has 0 bridgehead atoms. The molecule has 1 amide bonds. The van der Waals surface area contributed by atoms with Crippen molar-refractivity contribution >= 4 is 25.1 Å². The standard InChI is InChI=1S/C34H45BF2N6O12/c36-35(37)43-10-2-4-19(43)22(18-3-1-9-41-18)14-5-7-15(8-6-14)32(51)42-12-20-25(46)27(48)28(49)34(52-20)55-31-17(39)11-16(38)30(29(31)50)54-33-26(47)23(40)24(45)21(13-44)53-33/h1-10,16-17,20-21,23-31,33-34,44-50H,11-13,38-40H2,(H,42,51)/b22-18-/t16-,17+,20-,21-,23+,24-,25-,26-,27+,28-,29-,30+,31-,33-,34-/m1/s1. The van der Waals surface area contributed by atoms with E-state index >= 15 is 0 Å². The van der Waals surface area contributed by atoms with E-state index in [1.54, 1.807) is 24.3 Å². The SMILES string of the molecule is N[C@@H]1[C@@H](O)[C@@H](O[C@@H]2[C@@H](O)[C@H](O[C@H]3O[C@H](CNC(=O)c4ccc(/C(=C5\C=CC=N5)c5cccn5B(F)F)cc4)[C@@H](O)[C@H](O)[C@H]3O)[C@@H](N)C[C@H]2N)O[C@H](CO)[C@H]1O. The van der Waals surface area contributed by atoms with E-state index in [4.69, 9.17) is 36.1 Å². The fraction of sp³-hybridized carbons (Fsp3) is 0.529. The van der Waals surface area contributed by atoms with Gasteiger partial charge in [0, 0.05) is 41.7 Å². The summed E-state index contributed by atoms with van der Waals surface area (Å²) in [5.41, 5.74) is 20.1. The first-order chi connectivity index (χ1) is 26.2. The second-order valence-electron chi connectivity index (χ2n) is 13.8. The van der Waals surface area contributed by atoms with Gasteiger partial charge < -0.3 is 81.7 Å². The number of halogens is 2. The van der Waals surface area contributed by atoms with Gasteiger partial charge in [-0.15, -0.1) is 0 Å². The van der Waals surface area contributed by atoms with Crippen molar-refractivity contribution in [2.24, 2.45) is 22.2 Å². The van der Waals surface area contributed by atoms with E-state index in [1.807, 2.05) is 0 Å². The van der Waals surface area contributed by atoms with E-state index in [1.165, 1.54) is 36.7 Å². The Kier molecular flexibility index (Phi) is 13.0. The average molecular weight is 779 g/mol. The van der Waals surface area contributed by atoms with Crippen LogP contribution < -0.4 is 22.5 Å². The molecule has 0 radical (unpaired) electrons. The van der Waals surface area contributed by atoms with Gasteiger partial charge in [0.1, 0.15) is 61.0 Å². The summed E-state index contributed by atoms with van der Waals surface area (Å²) in [5, 5.41) is 76.4. The van der Waals surface area contributed by atoms with Crippen molar-refractivity contribution in [1.29, 1.82) is 0 Å². The van der Waals surface area contributed by atoms with Gasteiger partial charge in [0.15, 0.2) is 12.6 Å². The Balaban J connectivity index is 1.11. The maximum atomic E-state index is 13.8. The number of aromatic nitrogens is 1. The van der Waals surface area contributed by atoms with Gasteiger partial charge in [0.05, 0.1) is 18.3 Å². The minimum absolute atomic E-state index is 0.0128. The van der Waals surface area contributed by atoms with Crippen LogP contribution in [0.3, 0.4) is 0 Å². The van der Waals surface area contributed by atoms with E-state index in [-0.39, 0.29) is 24.2 Å². The minimum Gasteiger partial charge on any atom is -0.394 e. The van der Waals surface area contributed by atoms with Crippen molar-refractivity contribution in [2.45, 2.75) is 98.2 Å². The zero-order valence-electron chi connectivity index (χ0n) is 29.2. The quantitative estimate of drug-likeness (QED) is 0.0974. The zero-order valence-corrected chi connectivity index (χ0v) is 29.2.